The van der Waals surface area contributed by atoms with Crippen molar-refractivity contribution in [3.8, 4) is 0 Å². The minimum absolute atomic E-state index is 0.301. The molecule has 2 rings (SSSR count). The standard InChI is InChI=1S/C14H22N2O/c1-11-6-12(2)8-13(7-11)15-9-14-10-16(3)4-5-17-14/h6-8,14-15H,4-5,9-10H2,1-3H3. The molecule has 1 aliphatic heterocycles. The van der Waals surface area contributed by atoms with Gasteiger partial charge in [0.15, 0.2) is 0 Å². The van der Waals surface area contributed by atoms with Gasteiger partial charge in [0.25, 0.3) is 0 Å². The number of ether oxygens (including phenoxy) is 1. The van der Waals surface area contributed by atoms with E-state index in [4.69, 9.17) is 4.74 Å². The van der Waals surface area contributed by atoms with Crippen molar-refractivity contribution < 1.29 is 4.74 Å². The summed E-state index contributed by atoms with van der Waals surface area (Å²) in [5, 5.41) is 3.46. The topological polar surface area (TPSA) is 24.5 Å². The highest BCUT2D eigenvalue weighted by atomic mass is 16.5. The predicted molar refractivity (Wildman–Crippen MR) is 71.6 cm³/mol. The van der Waals surface area contributed by atoms with E-state index in [0.717, 1.165) is 26.2 Å². The lowest BCUT2D eigenvalue weighted by atomic mass is 10.1. The maximum absolute atomic E-state index is 5.73. The molecule has 17 heavy (non-hydrogen) atoms. The average molecular weight is 234 g/mol. The number of benzene rings is 1. The number of hydrogen-bond donors (Lipinski definition) is 1. The highest BCUT2D eigenvalue weighted by molar-refractivity contribution is 5.48. The molecule has 1 aliphatic rings. The summed E-state index contributed by atoms with van der Waals surface area (Å²) in [7, 11) is 2.15. The Morgan fingerprint density at radius 1 is 1.29 bits per heavy atom. The quantitative estimate of drug-likeness (QED) is 0.866. The minimum Gasteiger partial charge on any atom is -0.382 e. The monoisotopic (exact) mass is 234 g/mol. The molecule has 0 saturated carbocycles. The number of morpholine rings is 1. The second kappa shape index (κ2) is 5.52. The number of hydrogen-bond acceptors (Lipinski definition) is 3. The number of rotatable bonds is 3. The first-order valence-electron chi connectivity index (χ1n) is 6.26. The van der Waals surface area contributed by atoms with E-state index < -0.39 is 0 Å². The second-order valence-electron chi connectivity index (χ2n) is 5.01. The summed E-state index contributed by atoms with van der Waals surface area (Å²) in [6.45, 7) is 8.03. The van der Waals surface area contributed by atoms with E-state index in [1.165, 1.54) is 16.8 Å². The summed E-state index contributed by atoms with van der Waals surface area (Å²) in [5.41, 5.74) is 3.79. The lowest BCUT2D eigenvalue weighted by Gasteiger charge is -2.30. The lowest BCUT2D eigenvalue weighted by Crippen LogP contribution is -2.43. The van der Waals surface area contributed by atoms with Crippen LogP contribution in [0.2, 0.25) is 0 Å². The summed E-state index contributed by atoms with van der Waals surface area (Å²) < 4.78 is 5.73. The van der Waals surface area contributed by atoms with Crippen molar-refractivity contribution in [2.75, 3.05) is 38.6 Å². The molecular weight excluding hydrogens is 212 g/mol. The van der Waals surface area contributed by atoms with Gasteiger partial charge in [-0.25, -0.2) is 0 Å². The Morgan fingerprint density at radius 3 is 2.65 bits per heavy atom. The average Bonchev–Trinajstić information content (AvgIpc) is 2.25. The van der Waals surface area contributed by atoms with Crippen LogP contribution in [0.3, 0.4) is 0 Å². The van der Waals surface area contributed by atoms with E-state index in [1.54, 1.807) is 0 Å². The van der Waals surface area contributed by atoms with Crippen molar-refractivity contribution in [1.82, 2.24) is 4.90 Å². The fourth-order valence-corrected chi connectivity index (χ4v) is 2.30. The Bertz CT molecular complexity index is 358. The molecule has 0 aliphatic carbocycles. The van der Waals surface area contributed by atoms with Crippen LogP contribution < -0.4 is 5.32 Å². The fourth-order valence-electron chi connectivity index (χ4n) is 2.30. The normalized spacial score (nSPS) is 21.5. The van der Waals surface area contributed by atoms with Crippen LogP contribution in [-0.4, -0.2) is 44.3 Å². The highest BCUT2D eigenvalue weighted by Crippen LogP contribution is 2.14. The van der Waals surface area contributed by atoms with Gasteiger partial charge in [-0.15, -0.1) is 0 Å². The zero-order valence-electron chi connectivity index (χ0n) is 11.0. The zero-order valence-corrected chi connectivity index (χ0v) is 11.0. The van der Waals surface area contributed by atoms with Crippen molar-refractivity contribution in [3.63, 3.8) is 0 Å². The zero-order chi connectivity index (χ0) is 12.3. The van der Waals surface area contributed by atoms with Crippen molar-refractivity contribution in [2.24, 2.45) is 0 Å². The first-order chi connectivity index (χ1) is 8.13. The van der Waals surface area contributed by atoms with Crippen LogP contribution in [0.4, 0.5) is 5.69 Å². The van der Waals surface area contributed by atoms with Gasteiger partial charge in [0.1, 0.15) is 0 Å². The third-order valence-corrected chi connectivity index (χ3v) is 3.10. The number of likely N-dealkylation sites (N-methyl/N-ethyl adjacent to an activating group) is 1. The van der Waals surface area contributed by atoms with E-state index in [0.29, 0.717) is 6.10 Å². The molecule has 1 unspecified atom stereocenters. The molecule has 0 bridgehead atoms. The third-order valence-electron chi connectivity index (χ3n) is 3.10. The number of nitrogens with zero attached hydrogens (tertiary/aromatic N) is 1. The van der Waals surface area contributed by atoms with E-state index in [-0.39, 0.29) is 0 Å². The number of nitrogens with one attached hydrogen (secondary N) is 1. The van der Waals surface area contributed by atoms with Gasteiger partial charge in [-0.3, -0.25) is 0 Å². The molecule has 1 heterocycles. The molecule has 1 N–H and O–H groups in total. The minimum atomic E-state index is 0.301. The van der Waals surface area contributed by atoms with E-state index in [1.807, 2.05) is 0 Å². The molecule has 0 spiro atoms. The van der Waals surface area contributed by atoms with Crippen LogP contribution in [0, 0.1) is 13.8 Å². The molecule has 1 aromatic carbocycles. The van der Waals surface area contributed by atoms with Gasteiger partial charge in [0.2, 0.25) is 0 Å². The van der Waals surface area contributed by atoms with Crippen LogP contribution >= 0.6 is 0 Å². The Labute approximate surface area is 104 Å². The van der Waals surface area contributed by atoms with Crippen LogP contribution in [0.5, 0.6) is 0 Å². The van der Waals surface area contributed by atoms with Crippen molar-refractivity contribution >= 4 is 5.69 Å². The molecule has 94 valence electrons. The Kier molecular flexibility index (Phi) is 4.02. The predicted octanol–water partition coefficient (Wildman–Crippen LogP) is 2.05. The summed E-state index contributed by atoms with van der Waals surface area (Å²) >= 11 is 0. The van der Waals surface area contributed by atoms with Crippen LogP contribution in [0.25, 0.3) is 0 Å². The molecule has 3 nitrogen and oxygen atoms in total. The number of aryl methyl sites for hydroxylation is 2. The van der Waals surface area contributed by atoms with E-state index in [9.17, 15) is 0 Å². The number of anilines is 1. The second-order valence-corrected chi connectivity index (χ2v) is 5.01. The first kappa shape index (κ1) is 12.4. The molecule has 0 radical (unpaired) electrons. The highest BCUT2D eigenvalue weighted by Gasteiger charge is 2.17. The summed E-state index contributed by atoms with van der Waals surface area (Å²) in [5.74, 6) is 0. The summed E-state index contributed by atoms with van der Waals surface area (Å²) in [6.07, 6.45) is 0.301. The van der Waals surface area contributed by atoms with E-state index in [2.05, 4.69) is 49.3 Å². The van der Waals surface area contributed by atoms with Crippen LogP contribution in [0.15, 0.2) is 18.2 Å². The molecule has 0 amide bonds. The molecule has 1 aromatic rings. The third kappa shape index (κ3) is 3.72. The molecular formula is C14H22N2O. The van der Waals surface area contributed by atoms with Gasteiger partial charge in [-0.1, -0.05) is 6.07 Å². The van der Waals surface area contributed by atoms with Gasteiger partial charge < -0.3 is 15.0 Å². The SMILES string of the molecule is Cc1cc(C)cc(NCC2CN(C)CCO2)c1. The fraction of sp³-hybridized carbons (Fsp3) is 0.571. The first-order valence-corrected chi connectivity index (χ1v) is 6.26. The maximum Gasteiger partial charge on any atom is 0.0874 e. The van der Waals surface area contributed by atoms with Gasteiger partial charge in [0, 0.05) is 25.3 Å². The Morgan fingerprint density at radius 2 is 2.00 bits per heavy atom. The molecule has 1 saturated heterocycles. The lowest BCUT2D eigenvalue weighted by molar-refractivity contribution is -0.0117. The Balaban J connectivity index is 1.88. The van der Waals surface area contributed by atoms with Gasteiger partial charge >= 0.3 is 0 Å². The van der Waals surface area contributed by atoms with Crippen LogP contribution in [-0.2, 0) is 4.74 Å². The molecule has 3 heteroatoms. The van der Waals surface area contributed by atoms with Crippen molar-refractivity contribution in [2.45, 2.75) is 20.0 Å². The van der Waals surface area contributed by atoms with Gasteiger partial charge in [-0.2, -0.15) is 0 Å². The van der Waals surface area contributed by atoms with E-state index >= 15 is 0 Å². The van der Waals surface area contributed by atoms with Crippen molar-refractivity contribution in [3.05, 3.63) is 29.3 Å². The van der Waals surface area contributed by atoms with Crippen LogP contribution in [0.1, 0.15) is 11.1 Å². The molecule has 1 atom stereocenters. The van der Waals surface area contributed by atoms with Gasteiger partial charge in [0.05, 0.1) is 12.7 Å². The molecule has 0 aromatic heterocycles. The Hall–Kier alpha value is -1.06. The smallest absolute Gasteiger partial charge is 0.0874 e. The van der Waals surface area contributed by atoms with Crippen molar-refractivity contribution in [1.29, 1.82) is 0 Å². The molecule has 1 fully saturated rings. The van der Waals surface area contributed by atoms with Gasteiger partial charge in [-0.05, 0) is 44.2 Å². The maximum atomic E-state index is 5.73. The largest absolute Gasteiger partial charge is 0.382 e. The summed E-state index contributed by atoms with van der Waals surface area (Å²) in [4.78, 5) is 2.32. The summed E-state index contributed by atoms with van der Waals surface area (Å²) in [6, 6.07) is 6.55.